The molecule has 2 N–H and O–H groups in total. The summed E-state index contributed by atoms with van der Waals surface area (Å²) >= 11 is 1.06. The number of anilines is 1. The normalized spacial score (nSPS) is 22.0. The van der Waals surface area contributed by atoms with Crippen LogP contribution in [0.2, 0.25) is 0 Å². The number of amides is 2. The largest absolute Gasteiger partial charge is 0.444 e. The minimum absolute atomic E-state index is 0.00316. The second-order valence-electron chi connectivity index (χ2n) is 11.0. The highest BCUT2D eigenvalue weighted by Gasteiger charge is 2.36. The van der Waals surface area contributed by atoms with Gasteiger partial charge in [-0.1, -0.05) is 17.3 Å². The fourth-order valence-corrected chi connectivity index (χ4v) is 6.09. The summed E-state index contributed by atoms with van der Waals surface area (Å²) in [5, 5.41) is 10.1. The van der Waals surface area contributed by atoms with Crippen molar-refractivity contribution in [3.63, 3.8) is 0 Å². The third-order valence-corrected chi connectivity index (χ3v) is 7.94. The molecule has 0 unspecified atom stereocenters. The maximum absolute atomic E-state index is 15.2. The van der Waals surface area contributed by atoms with Gasteiger partial charge in [0.1, 0.15) is 17.8 Å². The Morgan fingerprint density at radius 2 is 2.05 bits per heavy atom. The molecule has 0 bridgehead atoms. The molecule has 5 rings (SSSR count). The summed E-state index contributed by atoms with van der Waals surface area (Å²) in [6.45, 7) is 5.30. The number of carbonyl (C=O) groups is 2. The molecule has 0 aliphatic carbocycles. The van der Waals surface area contributed by atoms with Gasteiger partial charge in [-0.2, -0.15) is 18.2 Å². The SMILES string of the molecule is CC(C)(C)OC(=O)N1CC[C@@H](Nc2cccc3c(CC(F)(F)F)c(-c4noc([C@H]5CCC(=O)N5)n4)sc23)[C@@H](F)C1. The van der Waals surface area contributed by atoms with Gasteiger partial charge in [0.25, 0.3) is 0 Å². The van der Waals surface area contributed by atoms with Gasteiger partial charge in [0, 0.05) is 13.0 Å². The first kappa shape index (κ1) is 28.1. The number of halogens is 4. The Morgan fingerprint density at radius 3 is 2.70 bits per heavy atom. The average Bonchev–Trinajstić information content (AvgIpc) is 3.57. The summed E-state index contributed by atoms with van der Waals surface area (Å²) < 4.78 is 67.3. The number of hydrogen-bond acceptors (Lipinski definition) is 8. The minimum Gasteiger partial charge on any atom is -0.444 e. The molecular formula is C26H29F4N5O4S. The number of nitrogens with zero attached hydrogens (tertiary/aromatic N) is 3. The standard InChI is InChI=1S/C26H29F4N5O4S/c1-25(2,3)38-24(37)35-10-9-16(15(27)12-35)31-17-6-4-5-13-14(11-26(28,29)30)21(40-20(13)17)22-33-23(39-34-22)18-7-8-19(36)32-18/h4-6,15-16,18,31H,7-12H2,1-3H3,(H,32,36)/t15-,16+,18+/m0/s1. The van der Waals surface area contributed by atoms with Crippen LogP contribution in [0.1, 0.15) is 57.5 Å². The number of likely N-dealkylation sites (tertiary alicyclic amines) is 1. The molecule has 4 heterocycles. The van der Waals surface area contributed by atoms with Gasteiger partial charge < -0.3 is 24.8 Å². The minimum atomic E-state index is -4.50. The topological polar surface area (TPSA) is 110 Å². The number of rotatable bonds is 5. The van der Waals surface area contributed by atoms with Crippen molar-refractivity contribution in [2.45, 2.75) is 76.5 Å². The van der Waals surface area contributed by atoms with Crippen LogP contribution in [0.4, 0.5) is 28.0 Å². The number of benzene rings is 1. The summed E-state index contributed by atoms with van der Waals surface area (Å²) in [7, 11) is 0. The average molecular weight is 584 g/mol. The molecule has 40 heavy (non-hydrogen) atoms. The first-order valence-electron chi connectivity index (χ1n) is 12.9. The smallest absolute Gasteiger partial charge is 0.410 e. The van der Waals surface area contributed by atoms with Crippen molar-refractivity contribution in [1.82, 2.24) is 20.4 Å². The molecule has 0 saturated carbocycles. The third-order valence-electron chi connectivity index (χ3n) is 6.67. The molecule has 0 spiro atoms. The summed E-state index contributed by atoms with van der Waals surface area (Å²) in [6, 6.07) is 3.73. The van der Waals surface area contributed by atoms with Gasteiger partial charge in [0.2, 0.25) is 17.6 Å². The van der Waals surface area contributed by atoms with E-state index in [0.29, 0.717) is 28.6 Å². The predicted molar refractivity (Wildman–Crippen MR) is 140 cm³/mol. The highest BCUT2D eigenvalue weighted by molar-refractivity contribution is 7.23. The Hall–Kier alpha value is -3.42. The molecule has 216 valence electrons. The van der Waals surface area contributed by atoms with Crippen molar-refractivity contribution >= 4 is 39.1 Å². The van der Waals surface area contributed by atoms with Crippen molar-refractivity contribution in [2.75, 3.05) is 18.4 Å². The Kier molecular flexibility index (Phi) is 7.40. The summed E-state index contributed by atoms with van der Waals surface area (Å²) in [6.07, 6.45) is -6.70. The van der Waals surface area contributed by atoms with E-state index in [9.17, 15) is 22.8 Å². The number of ether oxygens (including phenoxy) is 1. The molecule has 2 aliphatic heterocycles. The third kappa shape index (κ3) is 6.16. The van der Waals surface area contributed by atoms with Crippen molar-refractivity contribution < 1.29 is 36.4 Å². The van der Waals surface area contributed by atoms with Crippen LogP contribution in [0.15, 0.2) is 22.7 Å². The molecule has 14 heteroatoms. The van der Waals surface area contributed by atoms with Crippen LogP contribution in [0, 0.1) is 0 Å². The second-order valence-corrected chi connectivity index (χ2v) is 12.0. The fraction of sp³-hybridized carbons (Fsp3) is 0.538. The Morgan fingerprint density at radius 1 is 1.27 bits per heavy atom. The number of piperidine rings is 1. The van der Waals surface area contributed by atoms with E-state index in [1.807, 2.05) is 0 Å². The maximum Gasteiger partial charge on any atom is 0.410 e. The van der Waals surface area contributed by atoms with E-state index in [1.54, 1.807) is 39.0 Å². The number of fused-ring (bicyclic) bond motifs is 1. The molecule has 3 aromatic rings. The van der Waals surface area contributed by atoms with E-state index in [-0.39, 0.29) is 47.6 Å². The quantitative estimate of drug-likeness (QED) is 0.367. The lowest BCUT2D eigenvalue weighted by molar-refractivity contribution is -0.126. The Balaban J connectivity index is 1.42. The van der Waals surface area contributed by atoms with Crippen molar-refractivity contribution in [3.8, 4) is 10.7 Å². The van der Waals surface area contributed by atoms with Crippen LogP contribution < -0.4 is 10.6 Å². The van der Waals surface area contributed by atoms with E-state index in [4.69, 9.17) is 9.26 Å². The summed E-state index contributed by atoms with van der Waals surface area (Å²) in [5.41, 5.74) is -0.235. The molecule has 1 aromatic carbocycles. The van der Waals surface area contributed by atoms with Gasteiger partial charge in [-0.25, -0.2) is 9.18 Å². The van der Waals surface area contributed by atoms with Gasteiger partial charge in [-0.15, -0.1) is 11.3 Å². The molecule has 2 amide bonds. The zero-order valence-corrected chi connectivity index (χ0v) is 22.9. The lowest BCUT2D eigenvalue weighted by Gasteiger charge is -2.36. The van der Waals surface area contributed by atoms with E-state index >= 15 is 4.39 Å². The van der Waals surface area contributed by atoms with E-state index < -0.39 is 42.5 Å². The molecule has 2 saturated heterocycles. The summed E-state index contributed by atoms with van der Waals surface area (Å²) in [5.74, 6) is -0.0357. The maximum atomic E-state index is 15.2. The highest BCUT2D eigenvalue weighted by Crippen LogP contribution is 2.44. The van der Waals surface area contributed by atoms with Crippen molar-refractivity contribution in [2.24, 2.45) is 0 Å². The summed E-state index contributed by atoms with van der Waals surface area (Å²) in [4.78, 5) is 29.8. The Labute approximate surface area is 231 Å². The number of nitrogens with one attached hydrogen (secondary N) is 2. The van der Waals surface area contributed by atoms with Crippen LogP contribution >= 0.6 is 11.3 Å². The fourth-order valence-electron chi connectivity index (χ4n) is 4.87. The van der Waals surface area contributed by atoms with Crippen LogP contribution in [0.5, 0.6) is 0 Å². The van der Waals surface area contributed by atoms with Gasteiger partial charge in [0.05, 0.1) is 34.3 Å². The zero-order chi connectivity index (χ0) is 28.8. The molecule has 0 radical (unpaired) electrons. The van der Waals surface area contributed by atoms with Gasteiger partial charge >= 0.3 is 12.3 Å². The van der Waals surface area contributed by atoms with E-state index in [2.05, 4.69) is 20.8 Å². The first-order chi connectivity index (χ1) is 18.8. The van der Waals surface area contributed by atoms with Crippen LogP contribution in [-0.2, 0) is 16.0 Å². The monoisotopic (exact) mass is 583 g/mol. The van der Waals surface area contributed by atoms with Crippen molar-refractivity contribution in [3.05, 3.63) is 29.7 Å². The molecule has 3 atom stereocenters. The predicted octanol–water partition coefficient (Wildman–Crippen LogP) is 5.77. The van der Waals surface area contributed by atoms with Gasteiger partial charge in [-0.05, 0) is 50.6 Å². The molecule has 9 nitrogen and oxygen atoms in total. The second kappa shape index (κ2) is 10.5. The number of alkyl halides is 4. The number of carbonyl (C=O) groups excluding carboxylic acids is 2. The van der Waals surface area contributed by atoms with Crippen LogP contribution in [0.25, 0.3) is 20.8 Å². The molecular weight excluding hydrogens is 554 g/mol. The van der Waals surface area contributed by atoms with E-state index in [1.165, 1.54) is 4.90 Å². The Bertz CT molecular complexity index is 1420. The van der Waals surface area contributed by atoms with Crippen LogP contribution in [-0.4, -0.2) is 64.1 Å². The first-order valence-corrected chi connectivity index (χ1v) is 13.7. The molecule has 2 fully saturated rings. The highest BCUT2D eigenvalue weighted by atomic mass is 32.1. The van der Waals surface area contributed by atoms with Crippen molar-refractivity contribution in [1.29, 1.82) is 0 Å². The molecule has 2 aliphatic rings. The molecule has 2 aromatic heterocycles. The van der Waals surface area contributed by atoms with Gasteiger partial charge in [0.15, 0.2) is 0 Å². The zero-order valence-electron chi connectivity index (χ0n) is 22.1. The number of hydrogen-bond donors (Lipinski definition) is 2. The van der Waals surface area contributed by atoms with Crippen LogP contribution in [0.3, 0.4) is 0 Å². The van der Waals surface area contributed by atoms with Gasteiger partial charge in [-0.3, -0.25) is 4.79 Å². The lowest BCUT2D eigenvalue weighted by Crippen LogP contribution is -2.51. The number of thiophene rings is 1. The number of aromatic nitrogens is 2. The lowest BCUT2D eigenvalue weighted by atomic mass is 10.0. The van der Waals surface area contributed by atoms with E-state index in [0.717, 1.165) is 11.3 Å².